The van der Waals surface area contributed by atoms with Crippen LogP contribution in [0.2, 0.25) is 0 Å². The first-order valence-corrected chi connectivity index (χ1v) is 8.72. The van der Waals surface area contributed by atoms with Gasteiger partial charge in [0.15, 0.2) is 11.6 Å². The summed E-state index contributed by atoms with van der Waals surface area (Å²) in [6.07, 6.45) is 1.07. The Balaban J connectivity index is 1.65. The molecule has 142 valence electrons. The summed E-state index contributed by atoms with van der Waals surface area (Å²) < 4.78 is 31.7. The lowest BCUT2D eigenvalue weighted by Crippen LogP contribution is -2.28. The minimum atomic E-state index is -0.965. The lowest BCUT2D eigenvalue weighted by atomic mass is 10.1. The minimum absolute atomic E-state index is 0.236. The van der Waals surface area contributed by atoms with Gasteiger partial charge in [-0.1, -0.05) is 12.1 Å². The number of hydrogen-bond acceptors (Lipinski definition) is 3. The molecule has 2 aromatic carbocycles. The molecule has 0 saturated carbocycles. The highest BCUT2D eigenvalue weighted by Crippen LogP contribution is 2.19. The van der Waals surface area contributed by atoms with Crippen LogP contribution in [0.5, 0.6) is 0 Å². The summed E-state index contributed by atoms with van der Waals surface area (Å²) in [5, 5.41) is 5.47. The highest BCUT2D eigenvalue weighted by Gasteiger charge is 2.23. The van der Waals surface area contributed by atoms with Gasteiger partial charge >= 0.3 is 0 Å². The Kier molecular flexibility index (Phi) is 5.81. The summed E-state index contributed by atoms with van der Waals surface area (Å²) in [4.78, 5) is 24.6. The van der Waals surface area contributed by atoms with Crippen molar-refractivity contribution in [1.82, 2.24) is 5.32 Å². The number of benzene rings is 2. The average Bonchev–Trinajstić information content (AvgIpc) is 3.19. The number of anilines is 1. The summed E-state index contributed by atoms with van der Waals surface area (Å²) in [5.41, 5.74) is 1.28. The number of amides is 2. The van der Waals surface area contributed by atoms with Crippen LogP contribution in [0.1, 0.15) is 41.7 Å². The van der Waals surface area contributed by atoms with E-state index in [4.69, 9.17) is 4.74 Å². The van der Waals surface area contributed by atoms with Crippen molar-refractivity contribution in [2.24, 2.45) is 0 Å². The second kappa shape index (κ2) is 8.26. The van der Waals surface area contributed by atoms with Gasteiger partial charge in [0, 0.05) is 17.9 Å². The maximum Gasteiger partial charge on any atom is 0.253 e. The molecule has 2 aromatic rings. The van der Waals surface area contributed by atoms with Crippen LogP contribution in [0, 0.1) is 11.6 Å². The van der Waals surface area contributed by atoms with Gasteiger partial charge in [0.05, 0.1) is 6.04 Å². The van der Waals surface area contributed by atoms with E-state index in [1.165, 1.54) is 6.07 Å². The number of nitrogens with one attached hydrogen (secondary N) is 2. The molecule has 1 aliphatic rings. The van der Waals surface area contributed by atoms with Crippen molar-refractivity contribution in [3.63, 3.8) is 0 Å². The minimum Gasteiger partial charge on any atom is -0.368 e. The third-order valence-electron chi connectivity index (χ3n) is 4.41. The number of rotatable bonds is 5. The van der Waals surface area contributed by atoms with Gasteiger partial charge < -0.3 is 15.4 Å². The summed E-state index contributed by atoms with van der Waals surface area (Å²) in [7, 11) is 0. The van der Waals surface area contributed by atoms with Gasteiger partial charge in [0.25, 0.3) is 11.8 Å². The van der Waals surface area contributed by atoms with E-state index >= 15 is 0 Å². The van der Waals surface area contributed by atoms with Crippen LogP contribution in [-0.4, -0.2) is 24.5 Å². The SMILES string of the molecule is CC(NC(=O)c1cccc(NC(=O)C2CCCO2)c1)c1ccc(F)c(F)c1. The molecular formula is C20H20F2N2O3. The molecular weight excluding hydrogens is 354 g/mol. The van der Waals surface area contributed by atoms with Crippen molar-refractivity contribution < 1.29 is 23.1 Å². The summed E-state index contributed by atoms with van der Waals surface area (Å²) in [6, 6.07) is 9.48. The molecule has 2 amide bonds. The fraction of sp³-hybridized carbons (Fsp3) is 0.300. The summed E-state index contributed by atoms with van der Waals surface area (Å²) >= 11 is 0. The maximum atomic E-state index is 13.4. The van der Waals surface area contributed by atoms with Gasteiger partial charge in [-0.25, -0.2) is 8.78 Å². The fourth-order valence-corrected chi connectivity index (χ4v) is 2.89. The molecule has 27 heavy (non-hydrogen) atoms. The average molecular weight is 374 g/mol. The van der Waals surface area contributed by atoms with Gasteiger partial charge in [0.2, 0.25) is 0 Å². The smallest absolute Gasteiger partial charge is 0.253 e. The maximum absolute atomic E-state index is 13.4. The molecule has 0 aliphatic carbocycles. The zero-order valence-corrected chi connectivity index (χ0v) is 14.8. The predicted octanol–water partition coefficient (Wildman–Crippen LogP) is 3.57. The number of carbonyl (C=O) groups excluding carboxylic acids is 2. The highest BCUT2D eigenvalue weighted by atomic mass is 19.2. The lowest BCUT2D eigenvalue weighted by molar-refractivity contribution is -0.124. The first kappa shape index (κ1) is 19.0. The Labute approximate surface area is 155 Å². The zero-order chi connectivity index (χ0) is 19.4. The first-order chi connectivity index (χ1) is 12.9. The summed E-state index contributed by atoms with van der Waals surface area (Å²) in [5.74, 6) is -2.53. The van der Waals surface area contributed by atoms with Crippen LogP contribution >= 0.6 is 0 Å². The Morgan fingerprint density at radius 1 is 1.15 bits per heavy atom. The van der Waals surface area contributed by atoms with E-state index in [0.29, 0.717) is 29.8 Å². The number of carbonyl (C=O) groups is 2. The molecule has 5 nitrogen and oxygen atoms in total. The van der Waals surface area contributed by atoms with Crippen molar-refractivity contribution in [3.8, 4) is 0 Å². The van der Waals surface area contributed by atoms with Gasteiger partial charge in [-0.15, -0.1) is 0 Å². The normalized spacial score (nSPS) is 17.4. The Morgan fingerprint density at radius 3 is 2.67 bits per heavy atom. The molecule has 2 atom stereocenters. The van der Waals surface area contributed by atoms with E-state index in [2.05, 4.69) is 10.6 Å². The van der Waals surface area contributed by atoms with Crippen LogP contribution in [0.3, 0.4) is 0 Å². The van der Waals surface area contributed by atoms with Gasteiger partial charge in [-0.05, 0) is 55.7 Å². The topological polar surface area (TPSA) is 67.4 Å². The van der Waals surface area contributed by atoms with Crippen LogP contribution in [0.25, 0.3) is 0 Å². The number of ether oxygens (including phenoxy) is 1. The lowest BCUT2D eigenvalue weighted by Gasteiger charge is -2.15. The molecule has 7 heteroatoms. The van der Waals surface area contributed by atoms with E-state index in [1.54, 1.807) is 31.2 Å². The molecule has 1 fully saturated rings. The number of halogens is 2. The largest absolute Gasteiger partial charge is 0.368 e. The van der Waals surface area contributed by atoms with Crippen molar-refractivity contribution in [2.45, 2.75) is 31.9 Å². The molecule has 2 N–H and O–H groups in total. The van der Waals surface area contributed by atoms with E-state index in [9.17, 15) is 18.4 Å². The van der Waals surface area contributed by atoms with Crippen LogP contribution in [0.4, 0.5) is 14.5 Å². The molecule has 0 bridgehead atoms. The van der Waals surface area contributed by atoms with Crippen molar-refractivity contribution in [2.75, 3.05) is 11.9 Å². The Morgan fingerprint density at radius 2 is 1.96 bits per heavy atom. The van der Waals surface area contributed by atoms with Crippen LogP contribution in [-0.2, 0) is 9.53 Å². The zero-order valence-electron chi connectivity index (χ0n) is 14.8. The summed E-state index contributed by atoms with van der Waals surface area (Å²) in [6.45, 7) is 2.25. The standard InChI is InChI=1S/C20H20F2N2O3/c1-12(13-7-8-16(21)17(22)11-13)23-19(25)14-4-2-5-15(10-14)24-20(26)18-6-3-9-27-18/h2,4-5,7-8,10-12,18H,3,6,9H2,1H3,(H,23,25)(H,24,26). The van der Waals surface area contributed by atoms with Crippen molar-refractivity contribution in [1.29, 1.82) is 0 Å². The Bertz CT molecular complexity index is 851. The monoisotopic (exact) mass is 374 g/mol. The van der Waals surface area contributed by atoms with Gasteiger partial charge in [-0.2, -0.15) is 0 Å². The second-order valence-electron chi connectivity index (χ2n) is 6.44. The molecule has 1 heterocycles. The van der Waals surface area contributed by atoms with Crippen LogP contribution in [0.15, 0.2) is 42.5 Å². The van der Waals surface area contributed by atoms with E-state index in [-0.39, 0.29) is 11.8 Å². The molecule has 0 aromatic heterocycles. The Hall–Kier alpha value is -2.80. The van der Waals surface area contributed by atoms with Gasteiger partial charge in [-0.3, -0.25) is 9.59 Å². The predicted molar refractivity (Wildman–Crippen MR) is 96.3 cm³/mol. The number of hydrogen-bond donors (Lipinski definition) is 2. The molecule has 1 saturated heterocycles. The third kappa shape index (κ3) is 4.68. The third-order valence-corrected chi connectivity index (χ3v) is 4.41. The molecule has 0 radical (unpaired) electrons. The molecule has 1 aliphatic heterocycles. The highest BCUT2D eigenvalue weighted by molar-refractivity contribution is 5.98. The molecule has 3 rings (SSSR count). The quantitative estimate of drug-likeness (QED) is 0.841. The van der Waals surface area contributed by atoms with Crippen LogP contribution < -0.4 is 10.6 Å². The van der Waals surface area contributed by atoms with Crippen molar-refractivity contribution >= 4 is 17.5 Å². The molecule has 0 spiro atoms. The fourth-order valence-electron chi connectivity index (χ4n) is 2.89. The van der Waals surface area contributed by atoms with E-state index in [0.717, 1.165) is 18.6 Å². The second-order valence-corrected chi connectivity index (χ2v) is 6.44. The van der Waals surface area contributed by atoms with E-state index in [1.807, 2.05) is 0 Å². The van der Waals surface area contributed by atoms with Gasteiger partial charge in [0.1, 0.15) is 6.10 Å². The first-order valence-electron chi connectivity index (χ1n) is 8.72. The molecule has 2 unspecified atom stereocenters. The van der Waals surface area contributed by atoms with E-state index < -0.39 is 23.8 Å². The van der Waals surface area contributed by atoms with Crippen molar-refractivity contribution in [3.05, 3.63) is 65.2 Å².